The van der Waals surface area contributed by atoms with Gasteiger partial charge in [0.05, 0.1) is 18.1 Å². The average molecular weight is 282 g/mol. The maximum atomic E-state index is 12.1. The van der Waals surface area contributed by atoms with Gasteiger partial charge in [-0.3, -0.25) is 9.36 Å². The van der Waals surface area contributed by atoms with Gasteiger partial charge in [-0.05, 0) is 12.1 Å². The third kappa shape index (κ3) is 2.96. The van der Waals surface area contributed by atoms with Crippen molar-refractivity contribution in [2.75, 3.05) is 19.8 Å². The molecule has 0 saturated heterocycles. The highest BCUT2D eigenvalue weighted by molar-refractivity contribution is 7.88. The van der Waals surface area contributed by atoms with Crippen LogP contribution in [0.1, 0.15) is 0 Å². The molecule has 0 aliphatic heterocycles. The Morgan fingerprint density at radius 1 is 1.37 bits per heavy atom. The standard InChI is InChI=1S/C11H14N4O3S/c1-14(19(2,17)18)6-7-15-8-13-9-4-3-5-12-10(9)11(15)16/h3-5,8H,6-7H2,1-2H3. The van der Waals surface area contributed by atoms with Crippen LogP contribution in [0.5, 0.6) is 0 Å². The Morgan fingerprint density at radius 3 is 2.79 bits per heavy atom. The van der Waals surface area contributed by atoms with Crippen LogP contribution >= 0.6 is 0 Å². The number of hydrogen-bond donors (Lipinski definition) is 0. The SMILES string of the molecule is CN(CCn1cnc2cccnc2c1=O)S(C)(=O)=O. The van der Waals surface area contributed by atoms with E-state index in [1.54, 1.807) is 12.1 Å². The predicted molar refractivity (Wildman–Crippen MR) is 71.3 cm³/mol. The van der Waals surface area contributed by atoms with Crippen molar-refractivity contribution in [2.24, 2.45) is 0 Å². The van der Waals surface area contributed by atoms with Gasteiger partial charge in [0.2, 0.25) is 10.0 Å². The van der Waals surface area contributed by atoms with Crippen LogP contribution in [0.15, 0.2) is 29.5 Å². The molecule has 8 heteroatoms. The number of nitrogens with zero attached hydrogens (tertiary/aromatic N) is 4. The second-order valence-electron chi connectivity index (χ2n) is 4.20. The fraction of sp³-hybridized carbons (Fsp3) is 0.364. The van der Waals surface area contributed by atoms with Gasteiger partial charge in [0, 0.05) is 26.3 Å². The van der Waals surface area contributed by atoms with Crippen molar-refractivity contribution in [1.82, 2.24) is 18.8 Å². The van der Waals surface area contributed by atoms with Crippen LogP contribution in [0.3, 0.4) is 0 Å². The highest BCUT2D eigenvalue weighted by Crippen LogP contribution is 2.01. The molecule has 2 aromatic rings. The summed E-state index contributed by atoms with van der Waals surface area (Å²) in [5.74, 6) is 0. The molecule has 0 atom stereocenters. The first-order valence-electron chi connectivity index (χ1n) is 5.61. The summed E-state index contributed by atoms with van der Waals surface area (Å²) in [4.78, 5) is 20.2. The van der Waals surface area contributed by atoms with Gasteiger partial charge < -0.3 is 0 Å². The third-order valence-corrected chi connectivity index (χ3v) is 4.12. The Kier molecular flexibility index (Phi) is 3.63. The minimum atomic E-state index is -3.25. The number of fused-ring (bicyclic) bond motifs is 1. The molecule has 0 N–H and O–H groups in total. The molecule has 0 saturated carbocycles. The van der Waals surface area contributed by atoms with E-state index in [1.165, 1.54) is 28.4 Å². The van der Waals surface area contributed by atoms with Crippen molar-refractivity contribution in [3.63, 3.8) is 0 Å². The summed E-state index contributed by atoms with van der Waals surface area (Å²) in [6, 6.07) is 3.41. The Bertz CT molecular complexity index is 754. The molecule has 2 aromatic heterocycles. The molecule has 19 heavy (non-hydrogen) atoms. The zero-order chi connectivity index (χ0) is 14.0. The van der Waals surface area contributed by atoms with E-state index >= 15 is 0 Å². The molecule has 0 unspecified atom stereocenters. The first kappa shape index (κ1) is 13.6. The molecule has 0 amide bonds. The fourth-order valence-electron chi connectivity index (χ4n) is 1.56. The summed E-state index contributed by atoms with van der Waals surface area (Å²) in [6.07, 6.45) is 4.05. The topological polar surface area (TPSA) is 85.2 Å². The Labute approximate surface area is 110 Å². The maximum absolute atomic E-state index is 12.1. The first-order valence-corrected chi connectivity index (χ1v) is 7.46. The number of sulfonamides is 1. The summed E-state index contributed by atoms with van der Waals surface area (Å²) < 4.78 is 25.1. The summed E-state index contributed by atoms with van der Waals surface area (Å²) >= 11 is 0. The summed E-state index contributed by atoms with van der Waals surface area (Å²) in [5.41, 5.74) is 0.541. The van der Waals surface area contributed by atoms with Crippen molar-refractivity contribution in [1.29, 1.82) is 0 Å². The Balaban J connectivity index is 2.27. The minimum Gasteiger partial charge on any atom is -0.296 e. The molecule has 0 aliphatic carbocycles. The van der Waals surface area contributed by atoms with Crippen molar-refractivity contribution in [3.8, 4) is 0 Å². The lowest BCUT2D eigenvalue weighted by Crippen LogP contribution is -2.32. The molecule has 0 radical (unpaired) electrons. The molecule has 102 valence electrons. The molecule has 0 aromatic carbocycles. The van der Waals surface area contributed by atoms with Crippen LogP contribution in [0.4, 0.5) is 0 Å². The summed E-state index contributed by atoms with van der Waals surface area (Å²) in [6.45, 7) is 0.445. The van der Waals surface area contributed by atoms with Crippen molar-refractivity contribution in [3.05, 3.63) is 35.0 Å². The molecule has 2 rings (SSSR count). The lowest BCUT2D eigenvalue weighted by atomic mass is 10.3. The zero-order valence-electron chi connectivity index (χ0n) is 10.6. The quantitative estimate of drug-likeness (QED) is 0.767. The fourth-order valence-corrected chi connectivity index (χ4v) is 1.97. The van der Waals surface area contributed by atoms with Gasteiger partial charge in [-0.25, -0.2) is 22.7 Å². The van der Waals surface area contributed by atoms with E-state index in [0.29, 0.717) is 5.52 Å². The number of rotatable bonds is 4. The van der Waals surface area contributed by atoms with Crippen LogP contribution in [0.2, 0.25) is 0 Å². The highest BCUT2D eigenvalue weighted by atomic mass is 32.2. The zero-order valence-corrected chi connectivity index (χ0v) is 11.5. The van der Waals surface area contributed by atoms with Crippen LogP contribution in [-0.2, 0) is 16.6 Å². The normalized spacial score (nSPS) is 12.2. The van der Waals surface area contributed by atoms with E-state index in [0.717, 1.165) is 6.26 Å². The summed E-state index contributed by atoms with van der Waals surface area (Å²) in [7, 11) is -1.78. The molecule has 0 aliphatic rings. The van der Waals surface area contributed by atoms with Crippen molar-refractivity contribution in [2.45, 2.75) is 6.54 Å². The molecule has 7 nitrogen and oxygen atoms in total. The van der Waals surface area contributed by atoms with E-state index in [9.17, 15) is 13.2 Å². The smallest absolute Gasteiger partial charge is 0.279 e. The molecule has 0 spiro atoms. The van der Waals surface area contributed by atoms with Gasteiger partial charge in [-0.2, -0.15) is 0 Å². The largest absolute Gasteiger partial charge is 0.296 e. The third-order valence-electron chi connectivity index (χ3n) is 2.81. The van der Waals surface area contributed by atoms with Crippen molar-refractivity contribution >= 4 is 21.1 Å². The number of hydrogen-bond acceptors (Lipinski definition) is 5. The second-order valence-corrected chi connectivity index (χ2v) is 6.29. The van der Waals surface area contributed by atoms with Crippen LogP contribution in [0.25, 0.3) is 11.0 Å². The number of pyridine rings is 1. The molecule has 0 fully saturated rings. The lowest BCUT2D eigenvalue weighted by Gasteiger charge is -2.14. The van der Waals surface area contributed by atoms with Crippen molar-refractivity contribution < 1.29 is 8.42 Å². The van der Waals surface area contributed by atoms with E-state index in [4.69, 9.17) is 0 Å². The highest BCUT2D eigenvalue weighted by Gasteiger charge is 2.11. The van der Waals surface area contributed by atoms with Gasteiger partial charge in [-0.15, -0.1) is 0 Å². The van der Waals surface area contributed by atoms with Gasteiger partial charge in [0.25, 0.3) is 5.56 Å². The van der Waals surface area contributed by atoms with Crippen LogP contribution in [-0.4, -0.2) is 47.1 Å². The molecular weight excluding hydrogens is 268 g/mol. The van der Waals surface area contributed by atoms with E-state index in [2.05, 4.69) is 9.97 Å². The number of likely N-dealkylation sites (N-methyl/N-ethyl adjacent to an activating group) is 1. The number of aromatic nitrogens is 3. The summed E-state index contributed by atoms with van der Waals surface area (Å²) in [5, 5.41) is 0. The van der Waals surface area contributed by atoms with Gasteiger partial charge in [-0.1, -0.05) is 0 Å². The van der Waals surface area contributed by atoms with E-state index in [1.807, 2.05) is 0 Å². The van der Waals surface area contributed by atoms with Crippen LogP contribution in [0, 0.1) is 0 Å². The van der Waals surface area contributed by atoms with Gasteiger partial charge in [0.15, 0.2) is 5.52 Å². The monoisotopic (exact) mass is 282 g/mol. The average Bonchev–Trinajstić information content (AvgIpc) is 2.37. The maximum Gasteiger partial charge on any atom is 0.279 e. The van der Waals surface area contributed by atoms with E-state index < -0.39 is 10.0 Å². The second kappa shape index (κ2) is 5.06. The van der Waals surface area contributed by atoms with Gasteiger partial charge in [0.1, 0.15) is 0 Å². The molecule has 0 bridgehead atoms. The van der Waals surface area contributed by atoms with Crippen LogP contribution < -0.4 is 5.56 Å². The molecular formula is C11H14N4O3S. The molecule has 2 heterocycles. The minimum absolute atomic E-state index is 0.207. The predicted octanol–water partition coefficient (Wildman–Crippen LogP) is -0.317. The van der Waals surface area contributed by atoms with Gasteiger partial charge >= 0.3 is 0 Å². The first-order chi connectivity index (χ1) is 8.89. The van der Waals surface area contributed by atoms with E-state index in [-0.39, 0.29) is 24.2 Å². The lowest BCUT2D eigenvalue weighted by molar-refractivity contribution is 0.445. The Hall–Kier alpha value is -1.80. The Morgan fingerprint density at radius 2 is 2.11 bits per heavy atom.